The quantitative estimate of drug-likeness (QED) is 0.650. The highest BCUT2D eigenvalue weighted by molar-refractivity contribution is 7.17. The third kappa shape index (κ3) is 1.12. The van der Waals surface area contributed by atoms with E-state index in [-0.39, 0.29) is 0 Å². The molecule has 2 aromatic heterocycles. The van der Waals surface area contributed by atoms with Gasteiger partial charge in [-0.3, -0.25) is 4.98 Å². The fourth-order valence-electron chi connectivity index (χ4n) is 1.34. The van der Waals surface area contributed by atoms with Crippen LogP contribution in [0, 0.1) is 0 Å². The predicted octanol–water partition coefficient (Wildman–Crippen LogP) is 3.42. The molecule has 0 aliphatic carbocycles. The molecule has 0 aliphatic rings. The number of fused-ring (bicyclic) bond motifs is 1. The van der Waals surface area contributed by atoms with Crippen molar-refractivity contribution >= 4 is 21.4 Å². The fraction of sp³-hybridized carbons (Fsp3) is 0.300. The third-order valence-electron chi connectivity index (χ3n) is 2.03. The Balaban J connectivity index is 2.70. The van der Waals surface area contributed by atoms with E-state index in [0.29, 0.717) is 5.92 Å². The van der Waals surface area contributed by atoms with Crippen LogP contribution in [0.1, 0.15) is 25.3 Å². The van der Waals surface area contributed by atoms with Crippen molar-refractivity contribution in [3.63, 3.8) is 0 Å². The van der Waals surface area contributed by atoms with Crippen LogP contribution in [-0.4, -0.2) is 4.98 Å². The average molecular weight is 177 g/mol. The Labute approximate surface area is 76.1 Å². The SMILES string of the molecule is CC(C)c1csc2ccncc12. The molecule has 2 rings (SSSR count). The molecule has 0 spiro atoms. The zero-order valence-corrected chi connectivity index (χ0v) is 8.06. The van der Waals surface area contributed by atoms with Crippen molar-refractivity contribution in [2.24, 2.45) is 0 Å². The summed E-state index contributed by atoms with van der Waals surface area (Å²) in [6, 6.07) is 2.08. The third-order valence-corrected chi connectivity index (χ3v) is 3.01. The number of rotatable bonds is 1. The molecule has 0 radical (unpaired) electrons. The Morgan fingerprint density at radius 3 is 3.00 bits per heavy atom. The van der Waals surface area contributed by atoms with Gasteiger partial charge in [-0.15, -0.1) is 11.3 Å². The summed E-state index contributed by atoms with van der Waals surface area (Å²) in [6.07, 6.45) is 3.81. The normalized spacial score (nSPS) is 11.2. The van der Waals surface area contributed by atoms with Crippen LogP contribution in [0.2, 0.25) is 0 Å². The summed E-state index contributed by atoms with van der Waals surface area (Å²) in [5.74, 6) is 0.600. The zero-order valence-electron chi connectivity index (χ0n) is 7.24. The van der Waals surface area contributed by atoms with E-state index in [2.05, 4.69) is 30.3 Å². The lowest BCUT2D eigenvalue weighted by atomic mass is 10.0. The van der Waals surface area contributed by atoms with E-state index in [1.807, 2.05) is 12.4 Å². The Kier molecular flexibility index (Phi) is 1.85. The van der Waals surface area contributed by atoms with Gasteiger partial charge < -0.3 is 0 Å². The molecule has 12 heavy (non-hydrogen) atoms. The number of nitrogens with zero attached hydrogens (tertiary/aromatic N) is 1. The number of hydrogen-bond acceptors (Lipinski definition) is 2. The van der Waals surface area contributed by atoms with Crippen molar-refractivity contribution in [1.29, 1.82) is 0 Å². The van der Waals surface area contributed by atoms with Crippen molar-refractivity contribution in [3.8, 4) is 0 Å². The highest BCUT2D eigenvalue weighted by Gasteiger charge is 2.06. The van der Waals surface area contributed by atoms with E-state index in [9.17, 15) is 0 Å². The van der Waals surface area contributed by atoms with Gasteiger partial charge in [0.15, 0.2) is 0 Å². The first kappa shape index (κ1) is 7.74. The van der Waals surface area contributed by atoms with Gasteiger partial charge in [-0.25, -0.2) is 0 Å². The Bertz CT molecular complexity index is 389. The molecule has 1 nitrogen and oxygen atoms in total. The van der Waals surface area contributed by atoms with E-state index in [4.69, 9.17) is 0 Å². The molecule has 2 aromatic rings. The summed E-state index contributed by atoms with van der Waals surface area (Å²) < 4.78 is 1.34. The van der Waals surface area contributed by atoms with Gasteiger partial charge in [0.1, 0.15) is 0 Å². The van der Waals surface area contributed by atoms with E-state index >= 15 is 0 Å². The maximum atomic E-state index is 4.13. The molecule has 62 valence electrons. The molecule has 0 aliphatic heterocycles. The lowest BCUT2D eigenvalue weighted by molar-refractivity contribution is 0.880. The molecule has 2 heterocycles. The first-order valence-corrected chi connectivity index (χ1v) is 4.98. The van der Waals surface area contributed by atoms with Crippen molar-refractivity contribution in [3.05, 3.63) is 29.4 Å². The number of aromatic nitrogens is 1. The summed E-state index contributed by atoms with van der Waals surface area (Å²) in [4.78, 5) is 4.13. The minimum Gasteiger partial charge on any atom is -0.264 e. The molecule has 0 N–H and O–H groups in total. The molecule has 0 saturated heterocycles. The number of hydrogen-bond donors (Lipinski definition) is 0. The lowest BCUT2D eigenvalue weighted by Crippen LogP contribution is -1.83. The van der Waals surface area contributed by atoms with Gasteiger partial charge in [-0.2, -0.15) is 0 Å². The molecule has 0 fully saturated rings. The topological polar surface area (TPSA) is 12.9 Å². The molecule has 0 aromatic carbocycles. The van der Waals surface area contributed by atoms with Crippen LogP contribution in [0.15, 0.2) is 23.8 Å². The van der Waals surface area contributed by atoms with Crippen LogP contribution in [0.5, 0.6) is 0 Å². The van der Waals surface area contributed by atoms with E-state index in [1.165, 1.54) is 15.6 Å². The summed E-state index contributed by atoms with van der Waals surface area (Å²) in [5, 5.41) is 3.55. The molecule has 0 amide bonds. The first-order chi connectivity index (χ1) is 5.79. The van der Waals surface area contributed by atoms with Crippen molar-refractivity contribution < 1.29 is 0 Å². The molecule has 0 unspecified atom stereocenters. The van der Waals surface area contributed by atoms with E-state index in [0.717, 1.165) is 0 Å². The minimum atomic E-state index is 0.600. The number of thiophene rings is 1. The Morgan fingerprint density at radius 2 is 2.25 bits per heavy atom. The summed E-state index contributed by atoms with van der Waals surface area (Å²) in [7, 11) is 0. The highest BCUT2D eigenvalue weighted by atomic mass is 32.1. The van der Waals surface area contributed by atoms with Gasteiger partial charge in [0.05, 0.1) is 0 Å². The first-order valence-electron chi connectivity index (χ1n) is 4.10. The van der Waals surface area contributed by atoms with Crippen LogP contribution >= 0.6 is 11.3 Å². The predicted molar refractivity (Wildman–Crippen MR) is 53.7 cm³/mol. The minimum absolute atomic E-state index is 0.600. The summed E-state index contributed by atoms with van der Waals surface area (Å²) in [6.45, 7) is 4.43. The Hall–Kier alpha value is -0.890. The van der Waals surface area contributed by atoms with Crippen LogP contribution in [-0.2, 0) is 0 Å². The monoisotopic (exact) mass is 177 g/mol. The highest BCUT2D eigenvalue weighted by Crippen LogP contribution is 2.29. The molecular formula is C10H11NS. The van der Waals surface area contributed by atoms with Crippen molar-refractivity contribution in [1.82, 2.24) is 4.98 Å². The van der Waals surface area contributed by atoms with Crippen LogP contribution in [0.4, 0.5) is 0 Å². The summed E-state index contributed by atoms with van der Waals surface area (Å²) in [5.41, 5.74) is 1.42. The molecule has 2 heteroatoms. The standard InChI is InChI=1S/C10H11NS/c1-7(2)9-6-12-10-3-4-11-5-8(9)10/h3-7H,1-2H3. The van der Waals surface area contributed by atoms with Gasteiger partial charge in [0.25, 0.3) is 0 Å². The molecule has 0 bridgehead atoms. The van der Waals surface area contributed by atoms with E-state index in [1.54, 1.807) is 11.3 Å². The van der Waals surface area contributed by atoms with Gasteiger partial charge in [0, 0.05) is 22.5 Å². The van der Waals surface area contributed by atoms with Gasteiger partial charge >= 0.3 is 0 Å². The second kappa shape index (κ2) is 2.87. The Morgan fingerprint density at radius 1 is 1.42 bits per heavy atom. The van der Waals surface area contributed by atoms with Gasteiger partial charge in [-0.05, 0) is 22.9 Å². The van der Waals surface area contributed by atoms with Crippen molar-refractivity contribution in [2.45, 2.75) is 19.8 Å². The van der Waals surface area contributed by atoms with Crippen LogP contribution in [0.25, 0.3) is 10.1 Å². The molecule has 0 atom stereocenters. The largest absolute Gasteiger partial charge is 0.264 e. The van der Waals surface area contributed by atoms with Crippen molar-refractivity contribution in [2.75, 3.05) is 0 Å². The lowest BCUT2D eigenvalue weighted by Gasteiger charge is -2.00. The molecule has 0 saturated carbocycles. The van der Waals surface area contributed by atoms with Gasteiger partial charge in [-0.1, -0.05) is 13.8 Å². The fourth-order valence-corrected chi connectivity index (χ4v) is 2.43. The van der Waals surface area contributed by atoms with E-state index < -0.39 is 0 Å². The second-order valence-corrected chi connectivity index (χ2v) is 4.13. The maximum Gasteiger partial charge on any atom is 0.0376 e. The van der Waals surface area contributed by atoms with Gasteiger partial charge in [0.2, 0.25) is 0 Å². The number of pyridine rings is 1. The zero-order chi connectivity index (χ0) is 8.55. The second-order valence-electron chi connectivity index (χ2n) is 3.22. The smallest absolute Gasteiger partial charge is 0.0376 e. The van der Waals surface area contributed by atoms with Crippen LogP contribution in [0.3, 0.4) is 0 Å². The summed E-state index contributed by atoms with van der Waals surface area (Å²) >= 11 is 1.80. The average Bonchev–Trinajstić information content (AvgIpc) is 2.47. The van der Waals surface area contributed by atoms with Crippen LogP contribution < -0.4 is 0 Å². The molecular weight excluding hydrogens is 166 g/mol. The maximum absolute atomic E-state index is 4.13.